The molecule has 152 valence electrons. The number of fused-ring (bicyclic) bond motifs is 1. The van der Waals surface area contributed by atoms with E-state index in [0.29, 0.717) is 45.5 Å². The van der Waals surface area contributed by atoms with Gasteiger partial charge in [0.15, 0.2) is 5.58 Å². The highest BCUT2D eigenvalue weighted by Crippen LogP contribution is 2.32. The highest BCUT2D eigenvalue weighted by atomic mass is 79.9. The fourth-order valence-corrected chi connectivity index (χ4v) is 4.50. The number of pyridine rings is 1. The van der Waals surface area contributed by atoms with E-state index in [4.69, 9.17) is 9.15 Å². The average molecular weight is 462 g/mol. The minimum Gasteiger partial charge on any atom is -0.421 e. The molecule has 1 saturated heterocycles. The average Bonchev–Trinajstić information content (AvgIpc) is 2.72. The molecule has 0 radical (unpaired) electrons. The van der Waals surface area contributed by atoms with Gasteiger partial charge in [-0.25, -0.2) is 9.18 Å². The molecule has 5 nitrogen and oxygen atoms in total. The third-order valence-corrected chi connectivity index (χ3v) is 6.61. The molecule has 1 aromatic carbocycles. The Morgan fingerprint density at radius 1 is 1.17 bits per heavy atom. The molecule has 1 aliphatic heterocycles. The first kappa shape index (κ1) is 20.0. The van der Waals surface area contributed by atoms with Crippen molar-refractivity contribution < 1.29 is 13.5 Å². The van der Waals surface area contributed by atoms with Crippen LogP contribution in [0.2, 0.25) is 0 Å². The molecule has 2 aromatic heterocycles. The molecule has 0 amide bonds. The van der Waals surface area contributed by atoms with Crippen LogP contribution in [0.3, 0.4) is 0 Å². The first-order valence-corrected chi connectivity index (χ1v) is 10.4. The minimum atomic E-state index is -0.521. The molecule has 0 N–H and O–H groups in total. The predicted molar refractivity (Wildman–Crippen MR) is 112 cm³/mol. The number of hydrogen-bond acceptors (Lipinski definition) is 4. The fourth-order valence-electron chi connectivity index (χ4n) is 4.03. The van der Waals surface area contributed by atoms with Gasteiger partial charge in [0.25, 0.3) is 5.56 Å². The summed E-state index contributed by atoms with van der Waals surface area (Å²) in [5.41, 5.74) is 1.45. The van der Waals surface area contributed by atoms with Crippen molar-refractivity contribution in [3.63, 3.8) is 0 Å². The van der Waals surface area contributed by atoms with Gasteiger partial charge >= 0.3 is 5.63 Å². The first-order valence-electron chi connectivity index (χ1n) is 9.58. The summed E-state index contributed by atoms with van der Waals surface area (Å²) in [6.07, 6.45) is 1.60. The van der Waals surface area contributed by atoms with E-state index in [9.17, 15) is 14.0 Å². The number of aromatic nitrogens is 1. The molecule has 0 bridgehead atoms. The molecule has 7 heteroatoms. The van der Waals surface area contributed by atoms with Gasteiger partial charge in [0.2, 0.25) is 0 Å². The van der Waals surface area contributed by atoms with Gasteiger partial charge in [0.1, 0.15) is 5.82 Å². The van der Waals surface area contributed by atoms with Crippen molar-refractivity contribution in [1.29, 1.82) is 0 Å². The van der Waals surface area contributed by atoms with Gasteiger partial charge in [-0.1, -0.05) is 18.2 Å². The van der Waals surface area contributed by atoms with E-state index in [1.54, 1.807) is 29.7 Å². The third-order valence-electron chi connectivity index (χ3n) is 5.67. The number of benzene rings is 1. The highest BCUT2D eigenvalue weighted by Gasteiger charge is 2.26. The van der Waals surface area contributed by atoms with E-state index < -0.39 is 5.63 Å². The lowest BCUT2D eigenvalue weighted by Gasteiger charge is -2.27. The van der Waals surface area contributed by atoms with Crippen molar-refractivity contribution in [2.75, 3.05) is 13.2 Å². The summed E-state index contributed by atoms with van der Waals surface area (Å²) in [6, 6.07) is 6.39. The summed E-state index contributed by atoms with van der Waals surface area (Å²) in [7, 11) is 0. The Balaban J connectivity index is 2.03. The molecule has 0 spiro atoms. The summed E-state index contributed by atoms with van der Waals surface area (Å²) in [6.45, 7) is 4.64. The zero-order chi connectivity index (χ0) is 20.7. The van der Waals surface area contributed by atoms with E-state index >= 15 is 0 Å². The van der Waals surface area contributed by atoms with Crippen LogP contribution in [0.4, 0.5) is 4.39 Å². The maximum atomic E-state index is 14.3. The van der Waals surface area contributed by atoms with Crippen LogP contribution in [0.1, 0.15) is 41.3 Å². The van der Waals surface area contributed by atoms with Crippen LogP contribution >= 0.6 is 15.9 Å². The van der Waals surface area contributed by atoms with Gasteiger partial charge in [-0.05, 0) is 59.8 Å². The van der Waals surface area contributed by atoms with Gasteiger partial charge < -0.3 is 13.7 Å². The summed E-state index contributed by atoms with van der Waals surface area (Å²) in [4.78, 5) is 26.1. The van der Waals surface area contributed by atoms with Crippen LogP contribution in [0.5, 0.6) is 0 Å². The van der Waals surface area contributed by atoms with Crippen LogP contribution in [0.15, 0.2) is 42.7 Å². The lowest BCUT2D eigenvalue weighted by Crippen LogP contribution is -2.32. The molecule has 0 unspecified atom stereocenters. The van der Waals surface area contributed by atoms with E-state index in [1.807, 2.05) is 6.92 Å². The molecule has 4 rings (SSSR count). The van der Waals surface area contributed by atoms with E-state index in [1.165, 1.54) is 6.07 Å². The smallest absolute Gasteiger partial charge is 0.339 e. The first-order chi connectivity index (χ1) is 13.9. The number of nitrogens with zero attached hydrogens (tertiary/aromatic N) is 1. The molecule has 29 heavy (non-hydrogen) atoms. The normalized spacial score (nSPS) is 15.2. The molecular formula is C22H21BrFNO4. The lowest BCUT2D eigenvalue weighted by atomic mass is 9.97. The molecule has 1 aliphatic rings. The Bertz CT molecular complexity index is 1210. The minimum absolute atomic E-state index is 0.00509. The lowest BCUT2D eigenvalue weighted by molar-refractivity contribution is 0.0682. The quantitative estimate of drug-likeness (QED) is 0.579. The van der Waals surface area contributed by atoms with Crippen molar-refractivity contribution in [1.82, 2.24) is 4.57 Å². The molecule has 0 atom stereocenters. The number of halogens is 2. The summed E-state index contributed by atoms with van der Waals surface area (Å²) < 4.78 is 27.6. The van der Waals surface area contributed by atoms with Crippen LogP contribution < -0.4 is 11.2 Å². The van der Waals surface area contributed by atoms with Crippen molar-refractivity contribution in [3.8, 4) is 0 Å². The summed E-state index contributed by atoms with van der Waals surface area (Å²) in [5.74, 6) is -0.371. The molecule has 1 fully saturated rings. The SMILES string of the molecule is Cc1c(Cc2ccccc2F)c2c(=O)n(C3CCOCC3)c(C)c(Br)c2oc1=O. The van der Waals surface area contributed by atoms with Crippen LogP contribution in [-0.2, 0) is 11.2 Å². The van der Waals surface area contributed by atoms with Gasteiger partial charge in [-0.3, -0.25) is 4.79 Å². The Hall–Kier alpha value is -2.25. The van der Waals surface area contributed by atoms with Crippen LogP contribution in [-0.4, -0.2) is 17.8 Å². The second-order valence-electron chi connectivity index (χ2n) is 7.38. The number of hydrogen-bond donors (Lipinski definition) is 0. The Morgan fingerprint density at radius 3 is 2.55 bits per heavy atom. The zero-order valence-corrected chi connectivity index (χ0v) is 17.8. The van der Waals surface area contributed by atoms with Crippen LogP contribution in [0.25, 0.3) is 11.0 Å². The Morgan fingerprint density at radius 2 is 1.86 bits per heavy atom. The second kappa shape index (κ2) is 7.88. The molecule has 0 saturated carbocycles. The Labute approximate surface area is 175 Å². The maximum Gasteiger partial charge on any atom is 0.339 e. The van der Waals surface area contributed by atoms with Crippen molar-refractivity contribution >= 4 is 26.9 Å². The molecule has 3 aromatic rings. The van der Waals surface area contributed by atoms with Gasteiger partial charge in [0.05, 0.1) is 9.86 Å². The maximum absolute atomic E-state index is 14.3. The summed E-state index contributed by atoms with van der Waals surface area (Å²) >= 11 is 3.53. The van der Waals surface area contributed by atoms with Crippen molar-refractivity contribution in [2.45, 2.75) is 39.2 Å². The third kappa shape index (κ3) is 3.46. The topological polar surface area (TPSA) is 61.4 Å². The van der Waals surface area contributed by atoms with Gasteiger partial charge in [-0.2, -0.15) is 0 Å². The number of rotatable bonds is 3. The number of ether oxygens (including phenoxy) is 1. The standard InChI is InChI=1S/C22H21BrFNO4/c1-12-16(11-14-5-3-4-6-17(14)24)18-20(29-22(12)27)19(23)13(2)25(21(18)26)15-7-9-28-10-8-15/h3-6,15H,7-11H2,1-2H3. The highest BCUT2D eigenvalue weighted by molar-refractivity contribution is 9.10. The second-order valence-corrected chi connectivity index (χ2v) is 8.18. The Kier molecular flexibility index (Phi) is 5.44. The molecular weight excluding hydrogens is 441 g/mol. The predicted octanol–water partition coefficient (Wildman–Crippen LogP) is 4.42. The van der Waals surface area contributed by atoms with E-state index in [2.05, 4.69) is 15.9 Å². The monoisotopic (exact) mass is 461 g/mol. The zero-order valence-electron chi connectivity index (χ0n) is 16.3. The van der Waals surface area contributed by atoms with Crippen molar-refractivity contribution in [2.24, 2.45) is 0 Å². The van der Waals surface area contributed by atoms with Gasteiger partial charge in [0, 0.05) is 36.9 Å². The summed E-state index contributed by atoms with van der Waals surface area (Å²) in [5, 5.41) is 0.328. The fraction of sp³-hybridized carbons (Fsp3) is 0.364. The molecule has 0 aliphatic carbocycles. The largest absolute Gasteiger partial charge is 0.421 e. The molecule has 3 heterocycles. The van der Waals surface area contributed by atoms with E-state index in [0.717, 1.165) is 12.8 Å². The van der Waals surface area contributed by atoms with E-state index in [-0.39, 0.29) is 29.4 Å². The van der Waals surface area contributed by atoms with Crippen molar-refractivity contribution in [3.05, 3.63) is 77.7 Å². The van der Waals surface area contributed by atoms with Crippen LogP contribution in [0, 0.1) is 19.7 Å². The van der Waals surface area contributed by atoms with Gasteiger partial charge in [-0.15, -0.1) is 0 Å².